The molecule has 0 saturated heterocycles. The second-order valence-corrected chi connectivity index (χ2v) is 15.7. The first-order valence-electron chi connectivity index (χ1n) is 15.7. The smallest absolute Gasteiger partial charge is 0.271 e. The van der Waals surface area contributed by atoms with Crippen LogP contribution in [0, 0.1) is 10.1 Å². The molecule has 246 valence electrons. The summed E-state index contributed by atoms with van der Waals surface area (Å²) in [5.41, 5.74) is 1.59. The van der Waals surface area contributed by atoms with E-state index < -0.39 is 17.7 Å². The molecule has 1 aliphatic heterocycles. The fourth-order valence-electron chi connectivity index (χ4n) is 6.23. The Morgan fingerprint density at radius 3 is 1.80 bits per heavy atom. The summed E-state index contributed by atoms with van der Waals surface area (Å²) in [5, 5.41) is 18.7. The number of anilines is 1. The van der Waals surface area contributed by atoms with Crippen molar-refractivity contribution < 1.29 is 14.5 Å². The summed E-state index contributed by atoms with van der Waals surface area (Å²) in [6, 6.07) is 48.0. The van der Waals surface area contributed by atoms with Gasteiger partial charge in [0.25, 0.3) is 11.6 Å². The maximum absolute atomic E-state index is 13.9. The van der Waals surface area contributed by atoms with E-state index >= 15 is 0 Å². The number of aliphatic imine (C=N–C) groups is 1. The Kier molecular flexibility index (Phi) is 9.38. The minimum absolute atomic E-state index is 0.0227. The van der Waals surface area contributed by atoms with Crippen molar-refractivity contribution in [3.8, 4) is 5.75 Å². The third-order valence-electron chi connectivity index (χ3n) is 8.41. The first-order chi connectivity index (χ1) is 24.3. The number of benzene rings is 6. The highest BCUT2D eigenvalue weighted by Gasteiger charge is 2.37. The minimum Gasteiger partial charge on any atom is -0.438 e. The van der Waals surface area contributed by atoms with E-state index in [1.54, 1.807) is 0 Å². The largest absolute Gasteiger partial charge is 0.438 e. The van der Waals surface area contributed by atoms with Crippen molar-refractivity contribution in [1.29, 1.82) is 0 Å². The third-order valence-corrected chi connectivity index (χ3v) is 13.3. The zero-order valence-electron chi connectivity index (χ0n) is 26.4. The molecule has 1 aliphatic rings. The Morgan fingerprint density at radius 2 is 1.28 bits per heavy atom. The van der Waals surface area contributed by atoms with E-state index in [-0.39, 0.29) is 22.0 Å². The molecule has 50 heavy (non-hydrogen) atoms. The number of nitro benzene ring substituents is 1. The van der Waals surface area contributed by atoms with Crippen molar-refractivity contribution in [2.24, 2.45) is 4.99 Å². The predicted molar refractivity (Wildman–Crippen MR) is 206 cm³/mol. The Balaban J connectivity index is 1.50. The maximum Gasteiger partial charge on any atom is 0.271 e. The molecule has 10 heteroatoms. The van der Waals surface area contributed by atoms with E-state index in [1.807, 2.05) is 91.0 Å². The van der Waals surface area contributed by atoms with Crippen LogP contribution in [0.15, 0.2) is 157 Å². The molecule has 0 unspecified atom stereocenters. The van der Waals surface area contributed by atoms with Gasteiger partial charge in [-0.05, 0) is 53.1 Å². The van der Waals surface area contributed by atoms with Crippen LogP contribution in [0.1, 0.15) is 15.9 Å². The maximum atomic E-state index is 13.9. The summed E-state index contributed by atoms with van der Waals surface area (Å²) in [7, 11) is 0. The van der Waals surface area contributed by atoms with Crippen LogP contribution in [0.5, 0.6) is 5.75 Å². The van der Waals surface area contributed by atoms with Gasteiger partial charge in [0, 0.05) is 34.4 Å². The number of amides is 1. The number of carbonyl (C=O) groups is 1. The molecule has 1 heterocycles. The predicted octanol–water partition coefficient (Wildman–Crippen LogP) is 8.99. The number of nitrogens with one attached hydrogen (secondary N) is 1. The Bertz CT molecular complexity index is 2210. The van der Waals surface area contributed by atoms with Gasteiger partial charge in [-0.15, -0.1) is 0 Å². The van der Waals surface area contributed by atoms with E-state index in [1.165, 1.54) is 24.3 Å². The molecule has 1 N–H and O–H groups in total. The van der Waals surface area contributed by atoms with Crippen LogP contribution in [0.2, 0.25) is 10.0 Å². The quantitative estimate of drug-likeness (QED) is 0.101. The number of halogens is 2. The normalized spacial score (nSPS) is 13.3. The van der Waals surface area contributed by atoms with E-state index in [0.29, 0.717) is 34.3 Å². The number of nitrogens with zero attached hydrogens (tertiary/aromatic N) is 2. The van der Waals surface area contributed by atoms with E-state index in [9.17, 15) is 14.9 Å². The zero-order chi connectivity index (χ0) is 34.7. The molecule has 0 spiro atoms. The number of ether oxygens (including phenoxy) is 1. The second kappa shape index (κ2) is 14.2. The molecular formula is C40H28Cl2N3O4P. The minimum atomic E-state index is -2.66. The molecule has 0 fully saturated rings. The molecule has 0 saturated carbocycles. The second-order valence-electron chi connectivity index (χ2n) is 11.5. The molecule has 0 atom stereocenters. The van der Waals surface area contributed by atoms with Crippen molar-refractivity contribution >= 4 is 80.2 Å². The molecule has 0 radical (unpaired) electrons. The molecule has 0 aliphatic carbocycles. The third kappa shape index (κ3) is 6.35. The molecule has 0 aromatic heterocycles. The number of hydrogen-bond acceptors (Lipinski definition) is 5. The number of rotatable bonds is 7. The lowest BCUT2D eigenvalue weighted by Crippen LogP contribution is -2.38. The van der Waals surface area contributed by atoms with Crippen LogP contribution in [-0.2, 0) is 6.42 Å². The number of fused-ring (bicyclic) bond motifs is 1. The highest BCUT2D eigenvalue weighted by Crippen LogP contribution is 2.49. The summed E-state index contributed by atoms with van der Waals surface area (Å²) in [6.45, 7) is -2.66. The first kappa shape index (κ1) is 33.1. The lowest BCUT2D eigenvalue weighted by atomic mass is 10.0. The fourth-order valence-corrected chi connectivity index (χ4v) is 11.2. The van der Waals surface area contributed by atoms with Crippen molar-refractivity contribution in [3.63, 3.8) is 0 Å². The Morgan fingerprint density at radius 1 is 0.740 bits per heavy atom. The molecule has 0 bridgehead atoms. The summed E-state index contributed by atoms with van der Waals surface area (Å²) in [6.07, 6.45) is 0.382. The van der Waals surface area contributed by atoms with Gasteiger partial charge in [-0.1, -0.05) is 132 Å². The molecule has 6 aromatic carbocycles. The highest BCUT2D eigenvalue weighted by molar-refractivity contribution is 7.96. The van der Waals surface area contributed by atoms with E-state index in [0.717, 1.165) is 21.2 Å². The van der Waals surface area contributed by atoms with Crippen LogP contribution in [0.25, 0.3) is 0 Å². The number of carbonyl (C=O) groups excluding carboxylic acids is 1. The van der Waals surface area contributed by atoms with Gasteiger partial charge >= 0.3 is 0 Å². The van der Waals surface area contributed by atoms with Crippen molar-refractivity contribution in [2.45, 2.75) is 6.42 Å². The summed E-state index contributed by atoms with van der Waals surface area (Å²) >= 11 is 13.1. The van der Waals surface area contributed by atoms with Gasteiger partial charge in [0.2, 0.25) is 5.90 Å². The van der Waals surface area contributed by atoms with Crippen LogP contribution < -0.4 is 26.0 Å². The molecular weight excluding hydrogens is 688 g/mol. The molecule has 7 nitrogen and oxygen atoms in total. The number of hydrogen-bond donors (Lipinski definition) is 1. The van der Waals surface area contributed by atoms with E-state index in [4.69, 9.17) is 32.9 Å². The van der Waals surface area contributed by atoms with Crippen LogP contribution in [0.4, 0.5) is 17.1 Å². The first-order valence-corrected chi connectivity index (χ1v) is 18.2. The van der Waals surface area contributed by atoms with Crippen LogP contribution in [-0.4, -0.2) is 22.0 Å². The van der Waals surface area contributed by atoms with Gasteiger partial charge in [0.1, 0.15) is 5.75 Å². The summed E-state index contributed by atoms with van der Waals surface area (Å²) in [4.78, 5) is 29.8. The lowest BCUT2D eigenvalue weighted by Gasteiger charge is -2.35. The van der Waals surface area contributed by atoms with Gasteiger partial charge in [-0.2, -0.15) is 0 Å². The van der Waals surface area contributed by atoms with Gasteiger partial charge in [-0.3, -0.25) is 14.9 Å². The van der Waals surface area contributed by atoms with Gasteiger partial charge < -0.3 is 10.1 Å². The standard InChI is InChI=1S/C40H28Cl2N3O4P/c41-28-23-27-24-37(50(31-15-7-2-8-16-31,32-17-9-3-10-18-32)33-19-11-4-12-20-33)40(43-29-13-5-1-6-14-29)49-38(27)34(25-28)39(46)44-36-22-21-30(45(47)48)26-35(36)42/h1-23,25-26H,24H2,(H,44,46). The van der Waals surface area contributed by atoms with Gasteiger partial charge in [0.15, 0.2) is 0 Å². The van der Waals surface area contributed by atoms with Crippen molar-refractivity contribution in [3.05, 3.63) is 183 Å². The molecule has 7 rings (SSSR count). The zero-order valence-corrected chi connectivity index (χ0v) is 28.8. The van der Waals surface area contributed by atoms with E-state index in [2.05, 4.69) is 41.7 Å². The van der Waals surface area contributed by atoms with Gasteiger partial charge in [0.05, 0.1) is 26.9 Å². The number of para-hydroxylation sites is 1. The SMILES string of the molecule is O=C(Nc1ccc([N+](=O)[O-])cc1Cl)c1cc(Cl)cc2c1OC(=Nc1ccccc1)C(=P(c1ccccc1)(c1ccccc1)c1ccccc1)C2. The topological polar surface area (TPSA) is 93.8 Å². The Hall–Kier alpha value is -5.46. The van der Waals surface area contributed by atoms with Crippen LogP contribution in [0.3, 0.4) is 0 Å². The number of non-ortho nitro benzene ring substituents is 1. The average Bonchev–Trinajstić information content (AvgIpc) is 3.14. The average molecular weight is 717 g/mol. The number of nitro groups is 1. The van der Waals surface area contributed by atoms with Crippen molar-refractivity contribution in [1.82, 2.24) is 0 Å². The lowest BCUT2D eigenvalue weighted by molar-refractivity contribution is -0.384. The van der Waals surface area contributed by atoms with Crippen molar-refractivity contribution in [2.75, 3.05) is 5.32 Å². The summed E-state index contributed by atoms with van der Waals surface area (Å²) in [5.74, 6) is 0.159. The Labute approximate surface area is 298 Å². The summed E-state index contributed by atoms with van der Waals surface area (Å²) < 4.78 is 6.84. The fraction of sp³-hybridized carbons (Fsp3) is 0.0250. The molecule has 6 aromatic rings. The van der Waals surface area contributed by atoms with Gasteiger partial charge in [-0.25, -0.2) is 4.99 Å². The van der Waals surface area contributed by atoms with Crippen LogP contribution >= 0.6 is 30.1 Å². The highest BCUT2D eigenvalue weighted by atomic mass is 35.5. The molecule has 1 amide bonds. The monoisotopic (exact) mass is 715 g/mol.